The van der Waals surface area contributed by atoms with E-state index in [0.29, 0.717) is 0 Å². The molecule has 396 valence electrons. The molecule has 0 saturated heterocycles. The predicted octanol–water partition coefficient (Wildman–Crippen LogP) is 19.3. The third-order valence-corrected chi connectivity index (χ3v) is 16.9. The summed E-state index contributed by atoms with van der Waals surface area (Å²) in [6, 6.07) is 71.8. The average molecular weight is 1030 g/mol. The summed E-state index contributed by atoms with van der Waals surface area (Å²) in [4.78, 5) is 7.64. The minimum absolute atomic E-state index is 0.00152. The van der Waals surface area contributed by atoms with Crippen molar-refractivity contribution in [3.8, 4) is 11.1 Å². The van der Waals surface area contributed by atoms with Gasteiger partial charge in [-0.05, 0) is 173 Å². The van der Waals surface area contributed by atoms with Crippen LogP contribution in [0.25, 0.3) is 33.1 Å². The van der Waals surface area contributed by atoms with E-state index < -0.39 is 0 Å². The lowest BCUT2D eigenvalue weighted by Gasteiger charge is -2.45. The smallest absolute Gasteiger partial charge is 0.252 e. The van der Waals surface area contributed by atoms with E-state index in [-0.39, 0.29) is 33.8 Å². The summed E-state index contributed by atoms with van der Waals surface area (Å²) in [5.41, 5.74) is 24.7. The van der Waals surface area contributed by atoms with Crippen molar-refractivity contribution in [1.29, 1.82) is 0 Å². The maximum Gasteiger partial charge on any atom is 0.252 e. The average Bonchev–Trinajstić information content (AvgIpc) is 3.90. The molecule has 0 unspecified atom stereocenters. The molecule has 10 aromatic rings. The van der Waals surface area contributed by atoms with Crippen molar-refractivity contribution in [2.45, 2.75) is 131 Å². The summed E-state index contributed by atoms with van der Waals surface area (Å²) in [5.74, 6) is 0. The first-order valence-corrected chi connectivity index (χ1v) is 28.5. The van der Waals surface area contributed by atoms with E-state index in [1.807, 2.05) is 6.07 Å². The van der Waals surface area contributed by atoms with Crippen LogP contribution in [0.15, 0.2) is 192 Å². The lowest BCUT2D eigenvalue weighted by molar-refractivity contribution is 0.590. The molecule has 2 aliphatic rings. The minimum Gasteiger partial charge on any atom is -0.456 e. The zero-order valence-corrected chi connectivity index (χ0v) is 49.2. The molecule has 0 spiro atoms. The number of anilines is 9. The molecule has 0 atom stereocenters. The van der Waals surface area contributed by atoms with Gasteiger partial charge in [0.2, 0.25) is 0 Å². The van der Waals surface area contributed by atoms with Crippen LogP contribution in [0.1, 0.15) is 132 Å². The van der Waals surface area contributed by atoms with Crippen molar-refractivity contribution in [3.63, 3.8) is 0 Å². The highest BCUT2D eigenvalue weighted by Gasteiger charge is 2.45. The minimum atomic E-state index is -0.0794. The maximum absolute atomic E-state index is 6.41. The Morgan fingerprint density at radius 2 is 0.772 bits per heavy atom. The first kappa shape index (κ1) is 52.0. The standard InChI is InChI=1S/C74H76BN3O/c1-70(2,3)49-23-33-54(34-24-49)76(55-35-25-50(26-36-55)71(4,5)6)58-45-65-69-66(46-58)78(57-37-27-51(28-38-57)72(7,8)9)64-44-53(74(13,14)15)29-40-61(64)75(69)62-43-52(73(10,11)12)30-41-63(62)77(65)56-31-20-47(21-32-56)48-22-39-60-59-18-16-17-19-67(59)79-68(60)42-48/h16-46H,1-15H3. The van der Waals surface area contributed by atoms with Crippen molar-refractivity contribution in [3.05, 3.63) is 216 Å². The lowest BCUT2D eigenvalue weighted by atomic mass is 9.33. The van der Waals surface area contributed by atoms with E-state index in [4.69, 9.17) is 4.42 Å². The third-order valence-electron chi connectivity index (χ3n) is 16.9. The number of fused-ring (bicyclic) bond motifs is 7. The van der Waals surface area contributed by atoms with Crippen LogP contribution in [-0.2, 0) is 27.1 Å². The molecule has 0 bridgehead atoms. The van der Waals surface area contributed by atoms with Gasteiger partial charge in [0.1, 0.15) is 11.2 Å². The van der Waals surface area contributed by atoms with E-state index in [2.05, 4.69) is 301 Å². The molecule has 0 N–H and O–H groups in total. The summed E-state index contributed by atoms with van der Waals surface area (Å²) in [7, 11) is 0. The van der Waals surface area contributed by atoms with Crippen molar-refractivity contribution >= 4 is 96.2 Å². The molecule has 0 aliphatic carbocycles. The summed E-state index contributed by atoms with van der Waals surface area (Å²) in [6.45, 7) is 34.7. The molecule has 1 aromatic heterocycles. The molecule has 0 radical (unpaired) electrons. The first-order chi connectivity index (χ1) is 37.3. The number of hydrogen-bond donors (Lipinski definition) is 0. The van der Waals surface area contributed by atoms with Gasteiger partial charge in [0.15, 0.2) is 0 Å². The first-order valence-electron chi connectivity index (χ1n) is 28.5. The molecule has 4 nitrogen and oxygen atoms in total. The molecular weight excluding hydrogens is 958 g/mol. The Bertz CT molecular complexity index is 3900. The van der Waals surface area contributed by atoms with Gasteiger partial charge in [-0.25, -0.2) is 0 Å². The van der Waals surface area contributed by atoms with E-state index in [9.17, 15) is 0 Å². The normalized spacial score (nSPS) is 13.7. The van der Waals surface area contributed by atoms with Gasteiger partial charge in [0.05, 0.1) is 5.69 Å². The van der Waals surface area contributed by atoms with E-state index in [1.54, 1.807) is 0 Å². The largest absolute Gasteiger partial charge is 0.456 e. The molecular formula is C74H76BN3O. The molecule has 0 fully saturated rings. The van der Waals surface area contributed by atoms with Crippen molar-refractivity contribution in [2.24, 2.45) is 0 Å². The fourth-order valence-corrected chi connectivity index (χ4v) is 12.1. The predicted molar refractivity (Wildman–Crippen MR) is 341 cm³/mol. The van der Waals surface area contributed by atoms with Gasteiger partial charge in [-0.3, -0.25) is 0 Å². The van der Waals surface area contributed by atoms with Gasteiger partial charge in [-0.2, -0.15) is 0 Å². The molecule has 0 saturated carbocycles. The number of benzene rings is 9. The second-order valence-electron chi connectivity index (χ2n) is 27.6. The Labute approximate surface area is 470 Å². The van der Waals surface area contributed by atoms with E-state index >= 15 is 0 Å². The topological polar surface area (TPSA) is 22.9 Å². The summed E-state index contributed by atoms with van der Waals surface area (Å²) >= 11 is 0. The zero-order valence-electron chi connectivity index (χ0n) is 49.2. The Morgan fingerprint density at radius 1 is 0.329 bits per heavy atom. The number of para-hydroxylation sites is 1. The fourth-order valence-electron chi connectivity index (χ4n) is 12.1. The van der Waals surface area contributed by atoms with Crippen LogP contribution >= 0.6 is 0 Å². The quantitative estimate of drug-likeness (QED) is 0.155. The highest BCUT2D eigenvalue weighted by molar-refractivity contribution is 7.00. The highest BCUT2D eigenvalue weighted by Crippen LogP contribution is 2.50. The molecule has 12 rings (SSSR count). The second-order valence-corrected chi connectivity index (χ2v) is 27.6. The Kier molecular flexibility index (Phi) is 12.1. The zero-order chi connectivity index (χ0) is 55.7. The van der Waals surface area contributed by atoms with Crippen molar-refractivity contribution in [1.82, 2.24) is 0 Å². The van der Waals surface area contributed by atoms with E-state index in [0.717, 1.165) is 67.2 Å². The molecule has 0 amide bonds. The van der Waals surface area contributed by atoms with Gasteiger partial charge >= 0.3 is 0 Å². The Hall–Kier alpha value is -7.76. The molecule has 3 heterocycles. The molecule has 2 aliphatic heterocycles. The number of furan rings is 1. The summed E-state index contributed by atoms with van der Waals surface area (Å²) in [5, 5.41) is 2.27. The highest BCUT2D eigenvalue weighted by atomic mass is 16.3. The lowest BCUT2D eigenvalue weighted by Crippen LogP contribution is -2.61. The van der Waals surface area contributed by atoms with Crippen LogP contribution in [0.4, 0.5) is 51.2 Å². The summed E-state index contributed by atoms with van der Waals surface area (Å²) in [6.07, 6.45) is 0. The Morgan fingerprint density at radius 3 is 1.32 bits per heavy atom. The van der Waals surface area contributed by atoms with Crippen LogP contribution in [0.3, 0.4) is 0 Å². The second kappa shape index (κ2) is 18.4. The van der Waals surface area contributed by atoms with Crippen LogP contribution < -0.4 is 31.1 Å². The summed E-state index contributed by atoms with van der Waals surface area (Å²) < 4.78 is 6.41. The van der Waals surface area contributed by atoms with Crippen molar-refractivity contribution in [2.75, 3.05) is 14.7 Å². The van der Waals surface area contributed by atoms with Crippen LogP contribution in [0.2, 0.25) is 0 Å². The van der Waals surface area contributed by atoms with Gasteiger partial charge in [0, 0.05) is 56.3 Å². The van der Waals surface area contributed by atoms with Crippen LogP contribution in [0.5, 0.6) is 0 Å². The van der Waals surface area contributed by atoms with Crippen LogP contribution in [-0.4, -0.2) is 6.71 Å². The molecule has 9 aromatic carbocycles. The van der Waals surface area contributed by atoms with E-state index in [1.165, 1.54) is 61.3 Å². The fraction of sp³-hybridized carbons (Fsp3) is 0.270. The van der Waals surface area contributed by atoms with Gasteiger partial charge in [-0.1, -0.05) is 201 Å². The van der Waals surface area contributed by atoms with Gasteiger partial charge in [-0.15, -0.1) is 0 Å². The van der Waals surface area contributed by atoms with Gasteiger partial charge < -0.3 is 19.1 Å². The number of nitrogens with zero attached hydrogens (tertiary/aromatic N) is 3. The van der Waals surface area contributed by atoms with Crippen molar-refractivity contribution < 1.29 is 4.42 Å². The molecule has 5 heteroatoms. The monoisotopic (exact) mass is 1030 g/mol. The molecule has 79 heavy (non-hydrogen) atoms. The third kappa shape index (κ3) is 9.23. The Balaban J connectivity index is 1.15. The number of hydrogen-bond acceptors (Lipinski definition) is 4. The van der Waals surface area contributed by atoms with Crippen LogP contribution in [0, 0.1) is 0 Å². The SMILES string of the molecule is CC(C)(C)c1ccc(N(c2ccc(C(C)(C)C)cc2)c2cc3c4c(c2)N(c2ccc(C(C)(C)C)cc2)c2cc(C(C)(C)C)ccc2B4c2cc(C(C)(C)C)ccc2N3c2ccc(-c3ccc4c(c3)oc3ccccc34)cc2)cc1. The van der Waals surface area contributed by atoms with Gasteiger partial charge in [0.25, 0.3) is 6.71 Å². The number of rotatable bonds is 6. The maximum atomic E-state index is 6.41.